The molecule has 0 radical (unpaired) electrons. The minimum atomic E-state index is -0.171. The smallest absolute Gasteiger partial charge is 0.273 e. The number of carbonyl (C=O) groups is 1. The maximum atomic E-state index is 11.9. The van der Waals surface area contributed by atoms with Crippen molar-refractivity contribution < 1.29 is 4.79 Å². The zero-order valence-electron chi connectivity index (χ0n) is 9.18. The van der Waals surface area contributed by atoms with Gasteiger partial charge in [-0.25, -0.2) is 4.98 Å². The molecule has 3 rings (SSSR count). The van der Waals surface area contributed by atoms with E-state index in [0.717, 1.165) is 11.5 Å². The van der Waals surface area contributed by atoms with E-state index >= 15 is 0 Å². The maximum absolute atomic E-state index is 11.9. The van der Waals surface area contributed by atoms with Crippen LogP contribution < -0.4 is 5.32 Å². The minimum absolute atomic E-state index is 0.171. The fourth-order valence-corrected chi connectivity index (χ4v) is 1.65. The van der Waals surface area contributed by atoms with E-state index < -0.39 is 0 Å². The Labute approximate surface area is 98.3 Å². The summed E-state index contributed by atoms with van der Waals surface area (Å²) in [4.78, 5) is 23.0. The molecule has 2 heterocycles. The van der Waals surface area contributed by atoms with Gasteiger partial charge in [-0.05, 0) is 25.0 Å². The predicted molar refractivity (Wildman–Crippen MR) is 62.8 cm³/mol. The first-order chi connectivity index (χ1) is 8.33. The van der Waals surface area contributed by atoms with E-state index in [9.17, 15) is 4.79 Å². The molecule has 5 nitrogen and oxygen atoms in total. The molecule has 1 fully saturated rings. The zero-order chi connectivity index (χ0) is 11.7. The second-order valence-electron chi connectivity index (χ2n) is 4.15. The van der Waals surface area contributed by atoms with Gasteiger partial charge in [0.05, 0.1) is 6.20 Å². The van der Waals surface area contributed by atoms with Gasteiger partial charge in [-0.15, -0.1) is 0 Å². The number of rotatable bonds is 3. The lowest BCUT2D eigenvalue weighted by atomic mass is 10.3. The number of hydrogen-bond donors (Lipinski definition) is 2. The lowest BCUT2D eigenvalue weighted by molar-refractivity contribution is 0.102. The van der Waals surface area contributed by atoms with E-state index in [1.165, 1.54) is 12.8 Å². The van der Waals surface area contributed by atoms with Crippen LogP contribution >= 0.6 is 0 Å². The number of nitrogens with one attached hydrogen (secondary N) is 2. The first kappa shape index (κ1) is 10.0. The highest BCUT2D eigenvalue weighted by molar-refractivity contribution is 6.02. The normalized spacial score (nSPS) is 14.6. The fourth-order valence-electron chi connectivity index (χ4n) is 1.65. The van der Waals surface area contributed by atoms with Crippen molar-refractivity contribution in [3.8, 4) is 0 Å². The topological polar surface area (TPSA) is 70.7 Å². The summed E-state index contributed by atoms with van der Waals surface area (Å²) < 4.78 is 0. The standard InChI is InChI=1S/C12H12N4O/c17-12(15-9-3-5-13-6-4-9)10-7-14-11(16-10)8-1-2-8/h3-8H,1-2H2,(H,14,16)(H,13,15,17). The summed E-state index contributed by atoms with van der Waals surface area (Å²) in [5.41, 5.74) is 1.23. The highest BCUT2D eigenvalue weighted by Crippen LogP contribution is 2.38. The van der Waals surface area contributed by atoms with Crippen LogP contribution in [0.3, 0.4) is 0 Å². The molecule has 17 heavy (non-hydrogen) atoms. The van der Waals surface area contributed by atoms with Crippen LogP contribution in [0.15, 0.2) is 30.7 Å². The van der Waals surface area contributed by atoms with Crippen molar-refractivity contribution in [1.29, 1.82) is 0 Å². The number of aromatic amines is 1. The van der Waals surface area contributed by atoms with Crippen LogP contribution in [0.2, 0.25) is 0 Å². The molecule has 2 aromatic rings. The number of hydrogen-bond acceptors (Lipinski definition) is 3. The van der Waals surface area contributed by atoms with Crippen LogP contribution in [0.5, 0.6) is 0 Å². The van der Waals surface area contributed by atoms with Crippen molar-refractivity contribution in [2.24, 2.45) is 0 Å². The summed E-state index contributed by atoms with van der Waals surface area (Å²) in [7, 11) is 0. The summed E-state index contributed by atoms with van der Waals surface area (Å²) >= 11 is 0. The van der Waals surface area contributed by atoms with Crippen LogP contribution in [-0.2, 0) is 0 Å². The Hall–Kier alpha value is -2.17. The average Bonchev–Trinajstić information content (AvgIpc) is 3.08. The van der Waals surface area contributed by atoms with Crippen molar-refractivity contribution in [1.82, 2.24) is 15.0 Å². The predicted octanol–water partition coefficient (Wildman–Crippen LogP) is 1.93. The average molecular weight is 228 g/mol. The first-order valence-electron chi connectivity index (χ1n) is 5.59. The summed E-state index contributed by atoms with van der Waals surface area (Å²) in [6, 6.07) is 3.49. The second kappa shape index (κ2) is 4.01. The van der Waals surface area contributed by atoms with Crippen LogP contribution in [0, 0.1) is 0 Å². The third kappa shape index (κ3) is 2.18. The Balaban J connectivity index is 1.72. The molecular formula is C12H12N4O. The van der Waals surface area contributed by atoms with Crippen LogP contribution in [0.1, 0.15) is 35.1 Å². The molecule has 0 atom stereocenters. The Kier molecular flexibility index (Phi) is 2.36. The van der Waals surface area contributed by atoms with Crippen LogP contribution in [-0.4, -0.2) is 20.9 Å². The molecule has 0 saturated heterocycles. The number of aromatic nitrogens is 3. The lowest BCUT2D eigenvalue weighted by Gasteiger charge is -2.01. The van der Waals surface area contributed by atoms with Gasteiger partial charge in [0, 0.05) is 24.0 Å². The van der Waals surface area contributed by atoms with Crippen molar-refractivity contribution in [2.45, 2.75) is 18.8 Å². The van der Waals surface area contributed by atoms with Crippen molar-refractivity contribution >= 4 is 11.6 Å². The van der Waals surface area contributed by atoms with Crippen LogP contribution in [0.25, 0.3) is 0 Å². The van der Waals surface area contributed by atoms with Gasteiger partial charge in [0.15, 0.2) is 0 Å². The Morgan fingerprint density at radius 3 is 2.82 bits per heavy atom. The quantitative estimate of drug-likeness (QED) is 0.843. The lowest BCUT2D eigenvalue weighted by Crippen LogP contribution is -2.12. The van der Waals surface area contributed by atoms with Crippen molar-refractivity contribution in [3.63, 3.8) is 0 Å². The number of nitrogens with zero attached hydrogens (tertiary/aromatic N) is 2. The summed E-state index contributed by atoms with van der Waals surface area (Å²) in [6.45, 7) is 0. The number of pyridine rings is 1. The van der Waals surface area contributed by atoms with E-state index in [1.807, 2.05) is 0 Å². The number of H-pyrrole nitrogens is 1. The summed E-state index contributed by atoms with van der Waals surface area (Å²) in [5.74, 6) is 1.28. The molecule has 2 aromatic heterocycles. The van der Waals surface area contributed by atoms with Gasteiger partial charge in [-0.1, -0.05) is 0 Å². The fraction of sp³-hybridized carbons (Fsp3) is 0.250. The first-order valence-corrected chi connectivity index (χ1v) is 5.59. The third-order valence-electron chi connectivity index (χ3n) is 2.74. The number of carbonyl (C=O) groups excluding carboxylic acids is 1. The molecule has 5 heteroatoms. The van der Waals surface area contributed by atoms with E-state index in [4.69, 9.17) is 0 Å². The third-order valence-corrected chi connectivity index (χ3v) is 2.74. The van der Waals surface area contributed by atoms with Crippen molar-refractivity contribution in [3.05, 3.63) is 42.2 Å². The summed E-state index contributed by atoms with van der Waals surface area (Å²) in [6.07, 6.45) is 7.19. The van der Waals surface area contributed by atoms with Gasteiger partial charge in [-0.3, -0.25) is 9.78 Å². The molecule has 0 unspecified atom stereocenters. The van der Waals surface area contributed by atoms with Gasteiger partial charge in [0.2, 0.25) is 0 Å². The van der Waals surface area contributed by atoms with Gasteiger partial charge in [-0.2, -0.15) is 0 Å². The molecule has 1 aliphatic carbocycles. The monoisotopic (exact) mass is 228 g/mol. The molecule has 0 bridgehead atoms. The number of imidazole rings is 1. The van der Waals surface area contributed by atoms with Gasteiger partial charge < -0.3 is 10.3 Å². The Morgan fingerprint density at radius 2 is 2.12 bits per heavy atom. The second-order valence-corrected chi connectivity index (χ2v) is 4.15. The molecule has 1 amide bonds. The molecular weight excluding hydrogens is 216 g/mol. The van der Waals surface area contributed by atoms with Gasteiger partial charge in [0.25, 0.3) is 5.91 Å². The van der Waals surface area contributed by atoms with E-state index in [-0.39, 0.29) is 5.91 Å². The summed E-state index contributed by atoms with van der Waals surface area (Å²) in [5, 5.41) is 2.78. The molecule has 86 valence electrons. The highest BCUT2D eigenvalue weighted by Gasteiger charge is 2.27. The van der Waals surface area contributed by atoms with Gasteiger partial charge >= 0.3 is 0 Å². The number of anilines is 1. The largest absolute Gasteiger partial charge is 0.338 e. The molecule has 0 aromatic carbocycles. The highest BCUT2D eigenvalue weighted by atomic mass is 16.1. The molecule has 0 aliphatic heterocycles. The number of amides is 1. The molecule has 0 spiro atoms. The van der Waals surface area contributed by atoms with E-state index in [2.05, 4.69) is 20.3 Å². The van der Waals surface area contributed by atoms with Crippen molar-refractivity contribution in [2.75, 3.05) is 5.32 Å². The minimum Gasteiger partial charge on any atom is -0.338 e. The molecule has 1 saturated carbocycles. The maximum Gasteiger partial charge on any atom is 0.273 e. The van der Waals surface area contributed by atoms with Gasteiger partial charge in [0.1, 0.15) is 11.5 Å². The van der Waals surface area contributed by atoms with Crippen LogP contribution in [0.4, 0.5) is 5.69 Å². The van der Waals surface area contributed by atoms with E-state index in [0.29, 0.717) is 11.6 Å². The molecule has 2 N–H and O–H groups in total. The zero-order valence-corrected chi connectivity index (χ0v) is 9.18. The SMILES string of the molecule is O=C(Nc1ccncc1)c1cnc(C2CC2)[nH]1. The van der Waals surface area contributed by atoms with E-state index in [1.54, 1.807) is 30.7 Å². The Morgan fingerprint density at radius 1 is 1.35 bits per heavy atom. The Bertz CT molecular complexity index is 530. The molecule has 1 aliphatic rings.